The summed E-state index contributed by atoms with van der Waals surface area (Å²) in [6, 6.07) is 0. The molecular formula is C66H108O6. The molecule has 0 amide bonds. The van der Waals surface area contributed by atoms with Crippen molar-refractivity contribution in [3.63, 3.8) is 0 Å². The molecule has 1 atom stereocenters. The molecule has 0 aromatic carbocycles. The zero-order valence-electron chi connectivity index (χ0n) is 46.7. The molecule has 0 aliphatic heterocycles. The Hall–Kier alpha value is -4.19. The first-order valence-corrected chi connectivity index (χ1v) is 29.5. The van der Waals surface area contributed by atoms with Crippen molar-refractivity contribution in [1.29, 1.82) is 0 Å². The third-order valence-corrected chi connectivity index (χ3v) is 12.2. The molecule has 0 aromatic heterocycles. The van der Waals surface area contributed by atoms with Crippen LogP contribution in [0.1, 0.15) is 258 Å². The molecule has 0 radical (unpaired) electrons. The van der Waals surface area contributed by atoms with Crippen molar-refractivity contribution in [1.82, 2.24) is 0 Å². The van der Waals surface area contributed by atoms with Gasteiger partial charge >= 0.3 is 17.9 Å². The Kier molecular flexibility index (Phi) is 55.9. The summed E-state index contributed by atoms with van der Waals surface area (Å²) in [7, 11) is 0. The van der Waals surface area contributed by atoms with Crippen LogP contribution < -0.4 is 0 Å². The van der Waals surface area contributed by atoms with Crippen molar-refractivity contribution in [3.05, 3.63) is 122 Å². The van der Waals surface area contributed by atoms with E-state index in [4.69, 9.17) is 14.2 Å². The van der Waals surface area contributed by atoms with Gasteiger partial charge in [0.05, 0.1) is 0 Å². The molecule has 0 N–H and O–H groups in total. The fourth-order valence-electron chi connectivity index (χ4n) is 7.86. The fourth-order valence-corrected chi connectivity index (χ4v) is 7.86. The highest BCUT2D eigenvalue weighted by molar-refractivity contribution is 5.71. The van der Waals surface area contributed by atoms with Crippen molar-refractivity contribution in [3.8, 4) is 0 Å². The van der Waals surface area contributed by atoms with Gasteiger partial charge < -0.3 is 14.2 Å². The van der Waals surface area contributed by atoms with Crippen LogP contribution in [0.25, 0.3) is 0 Å². The first kappa shape index (κ1) is 67.8. The number of hydrogen-bond acceptors (Lipinski definition) is 6. The van der Waals surface area contributed by atoms with E-state index < -0.39 is 6.10 Å². The number of unbranched alkanes of at least 4 members (excludes halogenated alkanes) is 21. The third-order valence-electron chi connectivity index (χ3n) is 12.2. The van der Waals surface area contributed by atoms with Gasteiger partial charge in [0, 0.05) is 19.3 Å². The summed E-state index contributed by atoms with van der Waals surface area (Å²) in [5.74, 6) is -0.974. The number of rotatable bonds is 52. The zero-order chi connectivity index (χ0) is 52.2. The van der Waals surface area contributed by atoms with Crippen LogP contribution in [-0.4, -0.2) is 37.2 Å². The van der Waals surface area contributed by atoms with E-state index >= 15 is 0 Å². The van der Waals surface area contributed by atoms with Crippen molar-refractivity contribution in [2.45, 2.75) is 264 Å². The Labute approximate surface area is 443 Å². The van der Waals surface area contributed by atoms with E-state index in [9.17, 15) is 14.4 Å². The van der Waals surface area contributed by atoms with Gasteiger partial charge in [-0.1, -0.05) is 258 Å². The molecule has 0 spiro atoms. The van der Waals surface area contributed by atoms with Gasteiger partial charge in [-0.05, 0) is 103 Å². The largest absolute Gasteiger partial charge is 0.462 e. The maximum Gasteiger partial charge on any atom is 0.306 e. The monoisotopic (exact) mass is 997 g/mol. The number of allylic oxidation sites excluding steroid dienone is 20. The number of ether oxygens (including phenoxy) is 3. The van der Waals surface area contributed by atoms with E-state index in [0.29, 0.717) is 19.3 Å². The van der Waals surface area contributed by atoms with Crippen LogP contribution in [0, 0.1) is 0 Å². The molecule has 0 saturated carbocycles. The van der Waals surface area contributed by atoms with E-state index in [0.717, 1.165) is 116 Å². The van der Waals surface area contributed by atoms with Crippen molar-refractivity contribution < 1.29 is 28.6 Å². The Bertz CT molecular complexity index is 1520. The van der Waals surface area contributed by atoms with E-state index in [2.05, 4.69) is 142 Å². The predicted molar refractivity (Wildman–Crippen MR) is 311 cm³/mol. The zero-order valence-corrected chi connectivity index (χ0v) is 46.7. The van der Waals surface area contributed by atoms with Gasteiger partial charge in [-0.2, -0.15) is 0 Å². The molecule has 6 nitrogen and oxygen atoms in total. The van der Waals surface area contributed by atoms with Crippen molar-refractivity contribution in [2.24, 2.45) is 0 Å². The summed E-state index contributed by atoms with van der Waals surface area (Å²) in [6.07, 6.45) is 81.9. The lowest BCUT2D eigenvalue weighted by Crippen LogP contribution is -2.30. The van der Waals surface area contributed by atoms with Crippen LogP contribution in [-0.2, 0) is 28.6 Å². The minimum absolute atomic E-state index is 0.105. The smallest absolute Gasteiger partial charge is 0.306 e. The van der Waals surface area contributed by atoms with Gasteiger partial charge in [0.25, 0.3) is 0 Å². The maximum absolute atomic E-state index is 12.8. The highest BCUT2D eigenvalue weighted by atomic mass is 16.6. The van der Waals surface area contributed by atoms with Crippen LogP contribution >= 0.6 is 0 Å². The van der Waals surface area contributed by atoms with Crippen LogP contribution in [0.4, 0.5) is 0 Å². The van der Waals surface area contributed by atoms with E-state index in [1.807, 2.05) is 0 Å². The number of esters is 3. The number of hydrogen-bond donors (Lipinski definition) is 0. The summed E-state index contributed by atoms with van der Waals surface area (Å²) >= 11 is 0. The summed E-state index contributed by atoms with van der Waals surface area (Å²) in [4.78, 5) is 38.2. The first-order chi connectivity index (χ1) is 35.5. The van der Waals surface area contributed by atoms with Crippen molar-refractivity contribution in [2.75, 3.05) is 13.2 Å². The molecule has 0 rings (SSSR count). The Morgan fingerprint density at radius 3 is 0.889 bits per heavy atom. The van der Waals surface area contributed by atoms with Gasteiger partial charge in [-0.25, -0.2) is 0 Å². The van der Waals surface area contributed by atoms with Crippen LogP contribution in [0.3, 0.4) is 0 Å². The van der Waals surface area contributed by atoms with E-state index in [1.165, 1.54) is 96.3 Å². The molecule has 0 aliphatic rings. The van der Waals surface area contributed by atoms with Gasteiger partial charge in [-0.3, -0.25) is 14.4 Å². The fraction of sp³-hybridized carbons (Fsp3) is 0.652. The van der Waals surface area contributed by atoms with E-state index in [-0.39, 0.29) is 37.5 Å². The average molecular weight is 998 g/mol. The topological polar surface area (TPSA) is 78.9 Å². The first-order valence-electron chi connectivity index (χ1n) is 29.5. The van der Waals surface area contributed by atoms with E-state index in [1.54, 1.807) is 0 Å². The molecule has 0 aliphatic carbocycles. The van der Waals surface area contributed by atoms with Gasteiger partial charge in [0.2, 0.25) is 0 Å². The number of carbonyl (C=O) groups is 3. The minimum Gasteiger partial charge on any atom is -0.462 e. The van der Waals surface area contributed by atoms with Crippen LogP contribution in [0.5, 0.6) is 0 Å². The lowest BCUT2D eigenvalue weighted by molar-refractivity contribution is -0.167. The van der Waals surface area contributed by atoms with Gasteiger partial charge in [0.15, 0.2) is 6.10 Å². The summed E-state index contributed by atoms with van der Waals surface area (Å²) < 4.78 is 16.8. The summed E-state index contributed by atoms with van der Waals surface area (Å²) in [5, 5.41) is 0. The second-order valence-electron chi connectivity index (χ2n) is 19.1. The second kappa shape index (κ2) is 59.4. The minimum atomic E-state index is -0.815. The summed E-state index contributed by atoms with van der Waals surface area (Å²) in [5.41, 5.74) is 0. The second-order valence-corrected chi connectivity index (χ2v) is 19.1. The molecule has 408 valence electrons. The Balaban J connectivity index is 4.46. The highest BCUT2D eigenvalue weighted by Crippen LogP contribution is 2.15. The molecule has 0 heterocycles. The highest BCUT2D eigenvalue weighted by Gasteiger charge is 2.19. The SMILES string of the molecule is CC/C=C\C/C=C\C/C=C\C/C=C\C/C=C\CCCCCCCCCC(=O)OCC(COC(=O)CCCCCCCCCCCCCCCC)OC(=O)CCC/C=C\C/C=C\C/C=C\C/C=C\C/C=C\CC. The standard InChI is InChI=1S/C66H108O6/c1-4-7-10-13-16-19-22-25-28-30-31-32-33-34-35-37-38-41-44-47-50-53-56-59-65(68)71-62-63(61-70-64(67)58-55-52-49-46-43-40-27-24-21-18-15-12-9-6-3)72-66(69)60-57-54-51-48-45-42-39-36-29-26-23-20-17-14-11-8-5-2/h7-8,10-11,16-17,19-20,25-26,28-29,31-32,34-35,39,42,48,51,63H,4-6,9,12-15,18,21-24,27,30,33,36-38,40-41,43-47,49-50,52-62H2,1-3H3/b10-7-,11-8-,19-16-,20-17-,28-25-,29-26-,32-31-,35-34-,42-39-,51-48-. The molecular weight excluding hydrogens is 889 g/mol. The lowest BCUT2D eigenvalue weighted by Gasteiger charge is -2.18. The summed E-state index contributed by atoms with van der Waals surface area (Å²) in [6.45, 7) is 6.36. The predicted octanol–water partition coefficient (Wildman–Crippen LogP) is 20.0. The normalized spacial score (nSPS) is 13.0. The quantitative estimate of drug-likeness (QED) is 0.0261. The molecule has 0 bridgehead atoms. The molecule has 0 fully saturated rings. The van der Waals surface area contributed by atoms with Gasteiger partial charge in [-0.15, -0.1) is 0 Å². The number of carbonyl (C=O) groups excluding carboxylic acids is 3. The molecule has 0 saturated heterocycles. The molecule has 0 aromatic rings. The average Bonchev–Trinajstić information content (AvgIpc) is 3.38. The Morgan fingerprint density at radius 1 is 0.292 bits per heavy atom. The third kappa shape index (κ3) is 56.7. The van der Waals surface area contributed by atoms with Crippen LogP contribution in [0.15, 0.2) is 122 Å². The molecule has 72 heavy (non-hydrogen) atoms. The lowest BCUT2D eigenvalue weighted by atomic mass is 10.0. The van der Waals surface area contributed by atoms with Crippen LogP contribution in [0.2, 0.25) is 0 Å². The molecule has 6 heteroatoms. The van der Waals surface area contributed by atoms with Crippen molar-refractivity contribution >= 4 is 17.9 Å². The van der Waals surface area contributed by atoms with Gasteiger partial charge in [0.1, 0.15) is 13.2 Å². The maximum atomic E-state index is 12.8. The Morgan fingerprint density at radius 2 is 0.556 bits per heavy atom. The molecule has 1 unspecified atom stereocenters.